The van der Waals surface area contributed by atoms with E-state index in [1.54, 1.807) is 5.38 Å². The monoisotopic (exact) mass is 319 g/mol. The molecule has 1 amide bonds. The molecule has 0 saturated heterocycles. The summed E-state index contributed by atoms with van der Waals surface area (Å²) in [4.78, 5) is 25.8. The van der Waals surface area contributed by atoms with Crippen molar-refractivity contribution in [2.75, 3.05) is 0 Å². The Morgan fingerprint density at radius 1 is 1.55 bits per heavy atom. The summed E-state index contributed by atoms with van der Waals surface area (Å²) >= 11 is 1.44. The van der Waals surface area contributed by atoms with Gasteiger partial charge in [0.1, 0.15) is 0 Å². The normalized spacial score (nSPS) is 10.8. The van der Waals surface area contributed by atoms with Gasteiger partial charge >= 0.3 is 0 Å². The minimum Gasteiger partial charge on any atom is -0.872 e. The number of nitrogens with one attached hydrogen (secondary N) is 1. The summed E-state index contributed by atoms with van der Waals surface area (Å²) in [6, 6.07) is 3.30. The third-order valence-corrected chi connectivity index (χ3v) is 3.43. The van der Waals surface area contributed by atoms with E-state index in [1.807, 2.05) is 6.92 Å². The van der Waals surface area contributed by atoms with Gasteiger partial charge in [0.25, 0.3) is 5.69 Å². The van der Waals surface area contributed by atoms with Crippen LogP contribution in [0.1, 0.15) is 16.3 Å². The predicted molar refractivity (Wildman–Crippen MR) is 78.8 cm³/mol. The number of hydrazone groups is 1. The van der Waals surface area contributed by atoms with Gasteiger partial charge in [0, 0.05) is 17.5 Å². The Morgan fingerprint density at radius 3 is 2.95 bits per heavy atom. The molecule has 22 heavy (non-hydrogen) atoms. The zero-order valence-electron chi connectivity index (χ0n) is 11.5. The molecule has 0 fully saturated rings. The Hall–Kier alpha value is -2.81. The van der Waals surface area contributed by atoms with Gasteiger partial charge in [-0.1, -0.05) is 11.8 Å². The minimum atomic E-state index is -0.611. The summed E-state index contributed by atoms with van der Waals surface area (Å²) in [6.45, 7) is 1.84. The maximum absolute atomic E-state index is 11.6. The number of hydrogen-bond acceptors (Lipinski definition) is 7. The highest BCUT2D eigenvalue weighted by molar-refractivity contribution is 7.09. The average molecular weight is 319 g/mol. The lowest BCUT2D eigenvalue weighted by Gasteiger charge is -2.08. The molecule has 114 valence electrons. The van der Waals surface area contributed by atoms with Crippen molar-refractivity contribution in [1.29, 1.82) is 0 Å². The van der Waals surface area contributed by atoms with Crippen LogP contribution in [0.5, 0.6) is 5.75 Å². The highest BCUT2D eigenvalue weighted by Crippen LogP contribution is 2.18. The molecule has 2 aromatic rings. The van der Waals surface area contributed by atoms with E-state index in [0.717, 1.165) is 29.4 Å². The fourth-order valence-corrected chi connectivity index (χ4v) is 2.23. The fourth-order valence-electron chi connectivity index (χ4n) is 1.62. The molecule has 0 aliphatic heterocycles. The molecular weight excluding hydrogens is 308 g/mol. The molecule has 0 atom stereocenters. The maximum Gasteiger partial charge on any atom is 0.270 e. The summed E-state index contributed by atoms with van der Waals surface area (Å²) in [5, 5.41) is 28.4. The van der Waals surface area contributed by atoms with E-state index in [4.69, 9.17) is 0 Å². The summed E-state index contributed by atoms with van der Waals surface area (Å²) in [5.41, 5.74) is 2.70. The number of amides is 1. The quantitative estimate of drug-likeness (QED) is 0.503. The molecule has 0 bridgehead atoms. The molecule has 9 heteroatoms. The molecule has 0 radical (unpaired) electrons. The number of aromatic nitrogens is 1. The molecule has 1 aromatic heterocycles. The Labute approximate surface area is 129 Å². The summed E-state index contributed by atoms with van der Waals surface area (Å²) < 4.78 is 0. The number of carbonyl (C=O) groups excluding carboxylic acids is 1. The lowest BCUT2D eigenvalue weighted by Crippen LogP contribution is -2.20. The molecule has 0 aliphatic rings. The van der Waals surface area contributed by atoms with Crippen LogP contribution >= 0.6 is 11.3 Å². The number of benzene rings is 1. The fraction of sp³-hybridized carbons (Fsp3) is 0.154. The smallest absolute Gasteiger partial charge is 0.270 e. The van der Waals surface area contributed by atoms with Crippen LogP contribution in [0.3, 0.4) is 0 Å². The second-order valence-corrected chi connectivity index (χ2v) is 5.37. The largest absolute Gasteiger partial charge is 0.872 e. The first-order valence-corrected chi connectivity index (χ1v) is 7.02. The molecule has 1 aromatic carbocycles. The maximum atomic E-state index is 11.6. The van der Waals surface area contributed by atoms with Crippen molar-refractivity contribution in [3.63, 3.8) is 0 Å². The van der Waals surface area contributed by atoms with Crippen molar-refractivity contribution in [1.82, 2.24) is 10.4 Å². The number of nitro benzene ring substituents is 1. The number of rotatable bonds is 5. The van der Waals surface area contributed by atoms with Crippen LogP contribution in [-0.4, -0.2) is 22.0 Å². The van der Waals surface area contributed by atoms with Crippen molar-refractivity contribution >= 4 is 29.1 Å². The van der Waals surface area contributed by atoms with Gasteiger partial charge in [-0.05, 0) is 12.5 Å². The van der Waals surface area contributed by atoms with E-state index in [-0.39, 0.29) is 23.6 Å². The number of nitrogens with zero attached hydrogens (tertiary/aromatic N) is 3. The standard InChI is InChI=1S/C13H12N4O4S/c1-8-15-10(7-22-8)5-13(19)16-14-6-9-4-11(17(20)21)2-3-12(9)18/h2-4,6-7,18H,5H2,1H3,(H,16,19)/p-1/b14-6-. The van der Waals surface area contributed by atoms with E-state index in [1.165, 1.54) is 11.3 Å². The molecule has 8 nitrogen and oxygen atoms in total. The van der Waals surface area contributed by atoms with E-state index in [2.05, 4.69) is 15.5 Å². The summed E-state index contributed by atoms with van der Waals surface area (Å²) in [7, 11) is 0. The SMILES string of the molecule is Cc1nc(CC(=O)N/N=C\c2cc([N+](=O)[O-])ccc2[O-])cs1. The van der Waals surface area contributed by atoms with Crippen LogP contribution in [0.15, 0.2) is 28.7 Å². The Morgan fingerprint density at radius 2 is 2.32 bits per heavy atom. The topological polar surface area (TPSA) is 121 Å². The Bertz CT molecular complexity index is 741. The lowest BCUT2D eigenvalue weighted by molar-refractivity contribution is -0.385. The molecule has 1 heterocycles. The number of nitro groups is 1. The summed E-state index contributed by atoms with van der Waals surface area (Å²) in [6.07, 6.45) is 1.15. The second kappa shape index (κ2) is 6.76. The molecule has 0 saturated carbocycles. The lowest BCUT2D eigenvalue weighted by atomic mass is 10.2. The first kappa shape index (κ1) is 15.6. The Kier molecular flexibility index (Phi) is 4.79. The molecule has 2 rings (SSSR count). The number of non-ortho nitro benzene ring substituents is 1. The van der Waals surface area contributed by atoms with Gasteiger partial charge in [-0.3, -0.25) is 14.9 Å². The van der Waals surface area contributed by atoms with Gasteiger partial charge < -0.3 is 5.11 Å². The van der Waals surface area contributed by atoms with Gasteiger partial charge in [-0.25, -0.2) is 10.4 Å². The van der Waals surface area contributed by atoms with E-state index >= 15 is 0 Å². The van der Waals surface area contributed by atoms with Crippen LogP contribution < -0.4 is 10.5 Å². The number of thiazole rings is 1. The van der Waals surface area contributed by atoms with Crippen LogP contribution in [0.2, 0.25) is 0 Å². The van der Waals surface area contributed by atoms with Crippen molar-refractivity contribution in [3.8, 4) is 5.75 Å². The predicted octanol–water partition coefficient (Wildman–Crippen LogP) is 1.13. The first-order chi connectivity index (χ1) is 10.5. The number of carbonyl (C=O) groups is 1. The zero-order valence-corrected chi connectivity index (χ0v) is 12.3. The van der Waals surface area contributed by atoms with Crippen molar-refractivity contribution < 1.29 is 14.8 Å². The van der Waals surface area contributed by atoms with Crippen LogP contribution in [-0.2, 0) is 11.2 Å². The van der Waals surface area contributed by atoms with Crippen molar-refractivity contribution in [2.24, 2.45) is 5.10 Å². The van der Waals surface area contributed by atoms with Gasteiger partial charge in [0.2, 0.25) is 5.91 Å². The molecule has 0 aliphatic carbocycles. The first-order valence-electron chi connectivity index (χ1n) is 6.14. The second-order valence-electron chi connectivity index (χ2n) is 4.31. The van der Waals surface area contributed by atoms with Crippen LogP contribution in [0.4, 0.5) is 5.69 Å². The Balaban J connectivity index is 1.98. The van der Waals surface area contributed by atoms with Gasteiger partial charge in [0.15, 0.2) is 0 Å². The average Bonchev–Trinajstić information content (AvgIpc) is 2.85. The molecule has 0 spiro atoms. The number of hydrogen-bond donors (Lipinski definition) is 1. The third kappa shape index (κ3) is 4.09. The van der Waals surface area contributed by atoms with E-state index < -0.39 is 10.7 Å². The molecule has 1 N–H and O–H groups in total. The zero-order chi connectivity index (χ0) is 16.1. The third-order valence-electron chi connectivity index (χ3n) is 2.61. The van der Waals surface area contributed by atoms with Crippen molar-refractivity contribution in [3.05, 3.63) is 50.0 Å². The summed E-state index contributed by atoms with van der Waals surface area (Å²) in [5.74, 6) is -0.807. The highest BCUT2D eigenvalue weighted by Gasteiger charge is 2.07. The van der Waals surface area contributed by atoms with E-state index in [0.29, 0.717) is 5.69 Å². The molecule has 0 unspecified atom stereocenters. The van der Waals surface area contributed by atoms with Gasteiger partial charge in [0.05, 0.1) is 28.3 Å². The van der Waals surface area contributed by atoms with Crippen LogP contribution in [0.25, 0.3) is 0 Å². The van der Waals surface area contributed by atoms with Crippen molar-refractivity contribution in [2.45, 2.75) is 13.3 Å². The highest BCUT2D eigenvalue weighted by atomic mass is 32.1. The van der Waals surface area contributed by atoms with Gasteiger partial charge in [-0.2, -0.15) is 5.10 Å². The van der Waals surface area contributed by atoms with E-state index in [9.17, 15) is 20.0 Å². The van der Waals surface area contributed by atoms with Crippen LogP contribution in [0, 0.1) is 17.0 Å². The molecular formula is C13H11N4O4S-. The minimum absolute atomic E-state index is 0.0269. The van der Waals surface area contributed by atoms with Gasteiger partial charge in [-0.15, -0.1) is 11.3 Å². The number of aryl methyl sites for hydroxylation is 1.